The molecule has 1 amide bonds. The average molecular weight is 1320 g/mol. The fourth-order valence-electron chi connectivity index (χ4n) is 13.1. The topological polar surface area (TPSA) is 175 Å². The maximum Gasteiger partial charge on any atom is 0.305 e. The van der Waals surface area contributed by atoms with Crippen LogP contribution in [0.5, 0.6) is 0 Å². The van der Waals surface area contributed by atoms with Gasteiger partial charge in [0, 0.05) is 12.8 Å². The van der Waals surface area contributed by atoms with Gasteiger partial charge in [0.25, 0.3) is 0 Å². The number of nitrogens with one attached hydrogen (secondary N) is 1. The molecule has 0 aromatic carbocycles. The Morgan fingerprint density at radius 3 is 1.06 bits per heavy atom. The first-order valence-electron chi connectivity index (χ1n) is 40.8. The molecule has 1 aliphatic rings. The number of aliphatic hydroxyl groups is 5. The Morgan fingerprint density at radius 2 is 0.699 bits per heavy atom. The standard InChI is InChI=1S/C82H155NO10/c1-3-5-7-9-11-13-15-16-42-45-49-52-56-60-64-68-75(85)74(73-92-82-81(90)80(89)79(88)76(72-84)93-82)83-77(86)69-65-61-57-53-50-46-43-40-38-36-34-32-30-28-26-24-22-20-18-17-19-21-23-25-27-29-31-33-35-37-39-41-44-47-51-55-59-63-67-71-91-78(87)70-66-62-58-54-48-14-12-10-8-6-4-2/h15-16,49,52,64,68,74-76,79-82,84-85,88-90H,3-14,17-48,50-51,53-63,65-67,69-73H2,1-2H3,(H,83,86)/b16-15+,52-49+,68-64+. The first-order valence-corrected chi connectivity index (χ1v) is 40.8. The van der Waals surface area contributed by atoms with Gasteiger partial charge in [0.05, 0.1) is 32.0 Å². The van der Waals surface area contributed by atoms with Crippen molar-refractivity contribution in [3.05, 3.63) is 36.5 Å². The molecule has 0 aromatic rings. The molecule has 6 N–H and O–H groups in total. The van der Waals surface area contributed by atoms with E-state index in [0.717, 1.165) is 64.2 Å². The number of unbranched alkanes of at least 4 members (excludes halogenated alkanes) is 55. The third-order valence-electron chi connectivity index (χ3n) is 19.5. The lowest BCUT2D eigenvalue weighted by molar-refractivity contribution is -0.302. The number of carbonyl (C=O) groups excluding carboxylic acids is 2. The molecule has 1 fully saturated rings. The zero-order chi connectivity index (χ0) is 67.2. The maximum absolute atomic E-state index is 13.1. The molecule has 0 aliphatic carbocycles. The quantitative estimate of drug-likeness (QED) is 0.0195. The van der Waals surface area contributed by atoms with Gasteiger partial charge in [0.15, 0.2) is 6.29 Å². The van der Waals surface area contributed by atoms with Gasteiger partial charge in [0.1, 0.15) is 24.4 Å². The highest BCUT2D eigenvalue weighted by Gasteiger charge is 2.44. The molecule has 548 valence electrons. The van der Waals surface area contributed by atoms with Gasteiger partial charge < -0.3 is 45.1 Å². The lowest BCUT2D eigenvalue weighted by atomic mass is 9.99. The van der Waals surface area contributed by atoms with Crippen LogP contribution in [0.3, 0.4) is 0 Å². The minimum absolute atomic E-state index is 0.0184. The number of ether oxygens (including phenoxy) is 3. The molecule has 0 saturated carbocycles. The molecule has 0 spiro atoms. The van der Waals surface area contributed by atoms with E-state index in [-0.39, 0.29) is 18.5 Å². The highest BCUT2D eigenvalue weighted by Crippen LogP contribution is 2.24. The lowest BCUT2D eigenvalue weighted by Gasteiger charge is -2.40. The SMILES string of the molecule is CCCCCCC/C=C/CC/C=C/CC/C=C/C(O)C(COC1OC(CO)C(O)C(O)C1O)NC(=O)CCCCCCCCCCCCCCCCCCCCCCCCCCCCCCCCCCCCCCCCCOC(=O)CCCCCCCCCCCCC. The number of hydrogen-bond donors (Lipinski definition) is 6. The van der Waals surface area contributed by atoms with Crippen LogP contribution in [-0.2, 0) is 23.8 Å². The van der Waals surface area contributed by atoms with E-state index in [1.807, 2.05) is 6.08 Å². The monoisotopic (exact) mass is 1310 g/mol. The molecule has 11 nitrogen and oxygen atoms in total. The molecule has 1 rings (SSSR count). The Balaban J connectivity index is 1.90. The first-order chi connectivity index (χ1) is 45.7. The summed E-state index contributed by atoms with van der Waals surface area (Å²) in [6.07, 6.45) is 83.3. The van der Waals surface area contributed by atoms with Crippen molar-refractivity contribution in [2.45, 2.75) is 455 Å². The van der Waals surface area contributed by atoms with E-state index < -0.39 is 49.5 Å². The number of hydrogen-bond acceptors (Lipinski definition) is 10. The van der Waals surface area contributed by atoms with Gasteiger partial charge in [-0.05, 0) is 57.8 Å². The van der Waals surface area contributed by atoms with Crippen LogP contribution in [0.25, 0.3) is 0 Å². The van der Waals surface area contributed by atoms with Gasteiger partial charge in [-0.25, -0.2) is 0 Å². The van der Waals surface area contributed by atoms with E-state index in [2.05, 4.69) is 43.5 Å². The minimum Gasteiger partial charge on any atom is -0.466 e. The third kappa shape index (κ3) is 59.6. The van der Waals surface area contributed by atoms with Crippen LogP contribution >= 0.6 is 0 Å². The molecule has 1 saturated heterocycles. The van der Waals surface area contributed by atoms with E-state index in [4.69, 9.17) is 14.2 Å². The number of aliphatic hydroxyl groups excluding tert-OH is 5. The normalized spacial score (nSPS) is 17.6. The lowest BCUT2D eigenvalue weighted by Crippen LogP contribution is -2.60. The molecule has 11 heteroatoms. The molecular formula is C82H155NO10. The summed E-state index contributed by atoms with van der Waals surface area (Å²) in [5, 5.41) is 54.6. The van der Waals surface area contributed by atoms with Crippen LogP contribution < -0.4 is 5.32 Å². The van der Waals surface area contributed by atoms with E-state index in [9.17, 15) is 35.1 Å². The van der Waals surface area contributed by atoms with E-state index in [0.29, 0.717) is 19.4 Å². The number of carbonyl (C=O) groups is 2. The van der Waals surface area contributed by atoms with E-state index in [1.165, 1.54) is 321 Å². The third-order valence-corrected chi connectivity index (χ3v) is 19.5. The van der Waals surface area contributed by atoms with Crippen molar-refractivity contribution in [3.63, 3.8) is 0 Å². The van der Waals surface area contributed by atoms with Gasteiger partial charge in [0.2, 0.25) is 5.91 Å². The molecular weight excluding hydrogens is 1160 g/mol. The van der Waals surface area contributed by atoms with Crippen molar-refractivity contribution in [2.75, 3.05) is 19.8 Å². The van der Waals surface area contributed by atoms with Crippen molar-refractivity contribution in [1.82, 2.24) is 5.32 Å². The summed E-state index contributed by atoms with van der Waals surface area (Å²) in [5.41, 5.74) is 0. The molecule has 93 heavy (non-hydrogen) atoms. The van der Waals surface area contributed by atoms with Crippen molar-refractivity contribution < 1.29 is 49.3 Å². The van der Waals surface area contributed by atoms with Crippen molar-refractivity contribution in [2.24, 2.45) is 0 Å². The Kier molecular flexibility index (Phi) is 68.0. The number of rotatable bonds is 73. The first kappa shape index (κ1) is 88.9. The number of allylic oxidation sites excluding steroid dienone is 5. The summed E-state index contributed by atoms with van der Waals surface area (Å²) in [6, 6.07) is -0.831. The van der Waals surface area contributed by atoms with Crippen LogP contribution in [0.2, 0.25) is 0 Å². The second-order valence-electron chi connectivity index (χ2n) is 28.5. The number of esters is 1. The molecule has 1 aliphatic heterocycles. The fraction of sp³-hybridized carbons (Fsp3) is 0.902. The van der Waals surface area contributed by atoms with Crippen LogP contribution in [0, 0.1) is 0 Å². The predicted molar refractivity (Wildman–Crippen MR) is 394 cm³/mol. The molecule has 0 aromatic heterocycles. The Hall–Kier alpha value is -2.12. The predicted octanol–water partition coefficient (Wildman–Crippen LogP) is 22.1. The Morgan fingerprint density at radius 1 is 0.387 bits per heavy atom. The minimum atomic E-state index is -1.58. The second kappa shape index (κ2) is 71.2. The molecule has 0 bridgehead atoms. The number of amides is 1. The van der Waals surface area contributed by atoms with E-state index in [1.54, 1.807) is 6.08 Å². The van der Waals surface area contributed by atoms with E-state index >= 15 is 0 Å². The molecule has 0 radical (unpaired) electrons. The Bertz CT molecular complexity index is 1640. The van der Waals surface area contributed by atoms with Gasteiger partial charge >= 0.3 is 5.97 Å². The maximum atomic E-state index is 13.1. The second-order valence-corrected chi connectivity index (χ2v) is 28.5. The van der Waals surface area contributed by atoms with Crippen LogP contribution in [0.4, 0.5) is 0 Å². The van der Waals surface area contributed by atoms with Crippen molar-refractivity contribution in [3.8, 4) is 0 Å². The van der Waals surface area contributed by atoms with Gasteiger partial charge in [-0.1, -0.05) is 378 Å². The van der Waals surface area contributed by atoms with Crippen LogP contribution in [0.15, 0.2) is 36.5 Å². The molecule has 7 unspecified atom stereocenters. The summed E-state index contributed by atoms with van der Waals surface area (Å²) < 4.78 is 16.8. The Labute approximate surface area is 574 Å². The highest BCUT2D eigenvalue weighted by atomic mass is 16.7. The van der Waals surface area contributed by atoms with Gasteiger partial charge in [-0.15, -0.1) is 0 Å². The largest absolute Gasteiger partial charge is 0.466 e. The molecule has 1 heterocycles. The summed E-state index contributed by atoms with van der Waals surface area (Å²) in [7, 11) is 0. The van der Waals surface area contributed by atoms with Crippen molar-refractivity contribution in [1.29, 1.82) is 0 Å². The summed E-state index contributed by atoms with van der Waals surface area (Å²) in [6.45, 7) is 4.36. The summed E-state index contributed by atoms with van der Waals surface area (Å²) in [4.78, 5) is 25.1. The van der Waals surface area contributed by atoms with Gasteiger partial charge in [-0.2, -0.15) is 0 Å². The zero-order valence-electron chi connectivity index (χ0n) is 61.2. The zero-order valence-corrected chi connectivity index (χ0v) is 61.2. The van der Waals surface area contributed by atoms with Gasteiger partial charge in [-0.3, -0.25) is 9.59 Å². The molecule has 7 atom stereocenters. The summed E-state index contributed by atoms with van der Waals surface area (Å²) >= 11 is 0. The highest BCUT2D eigenvalue weighted by molar-refractivity contribution is 5.76. The fourth-order valence-corrected chi connectivity index (χ4v) is 13.1. The average Bonchev–Trinajstić information content (AvgIpc) is 1.11. The van der Waals surface area contributed by atoms with Crippen LogP contribution in [0.1, 0.15) is 412 Å². The van der Waals surface area contributed by atoms with Crippen LogP contribution in [-0.4, -0.2) is 100 Å². The summed E-state index contributed by atoms with van der Waals surface area (Å²) in [5.74, 6) is -0.170. The smallest absolute Gasteiger partial charge is 0.305 e. The van der Waals surface area contributed by atoms with Crippen molar-refractivity contribution >= 4 is 11.9 Å².